The number of anilines is 1. The number of aromatic carboxylic acids is 1. The van der Waals surface area contributed by atoms with Crippen molar-refractivity contribution in [2.24, 2.45) is 0 Å². The standard InChI is InChI=1S/C26H19FN2O7/c1-35-21-7-2-4-17(22(21)36-14-15-8-10-16(11-9-15)25(32)33)12-20-23(30)28-26(34)29(24(20)31)19-6-3-5-18(27)13-19/h2-13H,14H2,1H3,(H,32,33)(H,28,30,34)/b20-12+. The summed E-state index contributed by atoms with van der Waals surface area (Å²) in [5, 5.41) is 11.1. The Morgan fingerprint density at radius 3 is 2.44 bits per heavy atom. The number of para-hydroxylation sites is 1. The summed E-state index contributed by atoms with van der Waals surface area (Å²) in [6, 6.07) is 14.8. The molecule has 10 heteroatoms. The van der Waals surface area contributed by atoms with Crippen molar-refractivity contribution in [2.45, 2.75) is 6.61 Å². The van der Waals surface area contributed by atoms with Gasteiger partial charge in [0.05, 0.1) is 18.4 Å². The number of nitrogens with zero attached hydrogens (tertiary/aromatic N) is 1. The molecule has 3 aromatic rings. The molecule has 2 N–H and O–H groups in total. The molecular formula is C26H19FN2O7. The van der Waals surface area contributed by atoms with Gasteiger partial charge in [-0.2, -0.15) is 0 Å². The van der Waals surface area contributed by atoms with E-state index in [1.807, 2.05) is 0 Å². The fourth-order valence-electron chi connectivity index (χ4n) is 3.52. The number of nitrogens with one attached hydrogen (secondary N) is 1. The van der Waals surface area contributed by atoms with Crippen LogP contribution in [0.4, 0.5) is 14.9 Å². The number of carbonyl (C=O) groups is 4. The van der Waals surface area contributed by atoms with Gasteiger partial charge in [0.2, 0.25) is 0 Å². The van der Waals surface area contributed by atoms with Crippen molar-refractivity contribution in [1.82, 2.24) is 5.32 Å². The summed E-state index contributed by atoms with van der Waals surface area (Å²) in [7, 11) is 1.42. The van der Waals surface area contributed by atoms with Gasteiger partial charge in [-0.15, -0.1) is 0 Å². The van der Waals surface area contributed by atoms with Crippen LogP contribution in [0, 0.1) is 5.82 Å². The first-order chi connectivity index (χ1) is 17.3. The summed E-state index contributed by atoms with van der Waals surface area (Å²) in [5.41, 5.74) is 0.689. The quantitative estimate of drug-likeness (QED) is 0.382. The molecule has 182 valence electrons. The van der Waals surface area contributed by atoms with Crippen LogP contribution < -0.4 is 19.7 Å². The number of amides is 4. The van der Waals surface area contributed by atoms with Crippen LogP contribution in [-0.2, 0) is 16.2 Å². The zero-order chi connectivity index (χ0) is 25.8. The van der Waals surface area contributed by atoms with Crippen molar-refractivity contribution in [1.29, 1.82) is 0 Å². The van der Waals surface area contributed by atoms with Crippen LogP contribution >= 0.6 is 0 Å². The molecule has 1 saturated heterocycles. The zero-order valence-electron chi connectivity index (χ0n) is 18.9. The molecule has 4 rings (SSSR count). The van der Waals surface area contributed by atoms with Gasteiger partial charge >= 0.3 is 12.0 Å². The second-order valence-corrected chi connectivity index (χ2v) is 7.61. The lowest BCUT2D eigenvalue weighted by Crippen LogP contribution is -2.54. The van der Waals surface area contributed by atoms with Crippen LogP contribution in [0.15, 0.2) is 72.3 Å². The minimum Gasteiger partial charge on any atom is -0.493 e. The van der Waals surface area contributed by atoms with E-state index in [1.54, 1.807) is 30.3 Å². The van der Waals surface area contributed by atoms with Gasteiger partial charge in [-0.3, -0.25) is 14.9 Å². The summed E-state index contributed by atoms with van der Waals surface area (Å²) < 4.78 is 25.0. The summed E-state index contributed by atoms with van der Waals surface area (Å²) >= 11 is 0. The Bertz CT molecular complexity index is 1400. The van der Waals surface area contributed by atoms with E-state index in [0.29, 0.717) is 21.8 Å². The third kappa shape index (κ3) is 4.92. The number of hydrogen-bond donors (Lipinski definition) is 2. The number of imide groups is 2. The SMILES string of the molecule is COc1cccc(/C=C2\C(=O)NC(=O)N(c3cccc(F)c3)C2=O)c1OCc1ccc(C(=O)O)cc1. The van der Waals surface area contributed by atoms with Crippen LogP contribution in [0.1, 0.15) is 21.5 Å². The monoisotopic (exact) mass is 490 g/mol. The van der Waals surface area contributed by atoms with Crippen LogP contribution in [0.5, 0.6) is 11.5 Å². The van der Waals surface area contributed by atoms with Gasteiger partial charge in [-0.05, 0) is 48.0 Å². The highest BCUT2D eigenvalue weighted by molar-refractivity contribution is 6.39. The smallest absolute Gasteiger partial charge is 0.335 e. The van der Waals surface area contributed by atoms with Gasteiger partial charge in [0.1, 0.15) is 18.0 Å². The Hall–Kier alpha value is -4.99. The molecule has 0 radical (unpaired) electrons. The van der Waals surface area contributed by atoms with Gasteiger partial charge in [0, 0.05) is 5.56 Å². The highest BCUT2D eigenvalue weighted by Crippen LogP contribution is 2.34. The van der Waals surface area contributed by atoms with Crippen molar-refractivity contribution in [2.75, 3.05) is 12.0 Å². The Morgan fingerprint density at radius 2 is 1.78 bits per heavy atom. The maximum atomic E-state index is 13.7. The van der Waals surface area contributed by atoms with Crippen molar-refractivity contribution in [3.8, 4) is 11.5 Å². The summed E-state index contributed by atoms with van der Waals surface area (Å²) in [6.07, 6.45) is 1.25. The molecule has 1 heterocycles. The topological polar surface area (TPSA) is 122 Å². The van der Waals surface area contributed by atoms with E-state index in [-0.39, 0.29) is 29.2 Å². The van der Waals surface area contributed by atoms with Crippen molar-refractivity contribution in [3.05, 3.63) is 94.8 Å². The van der Waals surface area contributed by atoms with E-state index in [9.17, 15) is 23.6 Å². The lowest BCUT2D eigenvalue weighted by Gasteiger charge is -2.26. The predicted octanol–water partition coefficient (Wildman–Crippen LogP) is 3.78. The summed E-state index contributed by atoms with van der Waals surface area (Å²) in [4.78, 5) is 49.8. The molecule has 4 amide bonds. The number of halogens is 1. The summed E-state index contributed by atoms with van der Waals surface area (Å²) in [5.74, 6) is -3.04. The van der Waals surface area contributed by atoms with Gasteiger partial charge in [-0.1, -0.05) is 30.3 Å². The third-order valence-corrected chi connectivity index (χ3v) is 5.28. The maximum Gasteiger partial charge on any atom is 0.335 e. The molecule has 0 saturated carbocycles. The fourth-order valence-corrected chi connectivity index (χ4v) is 3.52. The summed E-state index contributed by atoms with van der Waals surface area (Å²) in [6.45, 7) is 0.0322. The van der Waals surface area contributed by atoms with Crippen LogP contribution in [-0.4, -0.2) is 36.0 Å². The minimum atomic E-state index is -1.05. The Balaban J connectivity index is 1.67. The molecule has 0 aliphatic carbocycles. The first-order valence-electron chi connectivity index (χ1n) is 10.6. The maximum absolute atomic E-state index is 13.7. The second-order valence-electron chi connectivity index (χ2n) is 7.61. The highest BCUT2D eigenvalue weighted by Gasteiger charge is 2.37. The number of barbiturate groups is 1. The number of rotatable bonds is 7. The first-order valence-corrected chi connectivity index (χ1v) is 10.6. The number of carboxylic acids is 1. The largest absolute Gasteiger partial charge is 0.493 e. The first kappa shape index (κ1) is 24.1. The normalized spacial score (nSPS) is 14.6. The molecule has 0 aromatic heterocycles. The van der Waals surface area contributed by atoms with Crippen molar-refractivity contribution < 1.29 is 38.1 Å². The van der Waals surface area contributed by atoms with Crippen molar-refractivity contribution >= 4 is 35.6 Å². The van der Waals surface area contributed by atoms with E-state index in [2.05, 4.69) is 5.32 Å². The number of hydrogen-bond acceptors (Lipinski definition) is 6. The molecular weight excluding hydrogens is 471 g/mol. The zero-order valence-corrected chi connectivity index (χ0v) is 18.9. The molecule has 0 bridgehead atoms. The van der Waals surface area contributed by atoms with Gasteiger partial charge in [-0.25, -0.2) is 18.9 Å². The lowest BCUT2D eigenvalue weighted by atomic mass is 10.1. The Labute approximate surface area is 204 Å². The number of urea groups is 1. The number of ether oxygens (including phenoxy) is 2. The molecule has 0 atom stereocenters. The van der Waals surface area contributed by atoms with Crippen LogP contribution in [0.25, 0.3) is 6.08 Å². The number of methoxy groups -OCH3 is 1. The molecule has 3 aromatic carbocycles. The molecule has 1 aliphatic heterocycles. The van der Waals surface area contributed by atoms with Crippen LogP contribution in [0.2, 0.25) is 0 Å². The lowest BCUT2D eigenvalue weighted by molar-refractivity contribution is -0.122. The van der Waals surface area contributed by atoms with E-state index < -0.39 is 29.6 Å². The highest BCUT2D eigenvalue weighted by atomic mass is 19.1. The van der Waals surface area contributed by atoms with E-state index >= 15 is 0 Å². The molecule has 1 aliphatic rings. The van der Waals surface area contributed by atoms with E-state index in [4.69, 9.17) is 14.6 Å². The number of benzene rings is 3. The molecule has 36 heavy (non-hydrogen) atoms. The van der Waals surface area contributed by atoms with E-state index in [0.717, 1.165) is 12.1 Å². The van der Waals surface area contributed by atoms with E-state index in [1.165, 1.54) is 37.5 Å². The van der Waals surface area contributed by atoms with Gasteiger partial charge < -0.3 is 14.6 Å². The molecule has 9 nitrogen and oxygen atoms in total. The third-order valence-electron chi connectivity index (χ3n) is 5.28. The second kappa shape index (κ2) is 10.1. The predicted molar refractivity (Wildman–Crippen MR) is 126 cm³/mol. The number of carboxylic acid groups (broad SMARTS) is 1. The molecule has 0 spiro atoms. The van der Waals surface area contributed by atoms with Crippen molar-refractivity contribution in [3.63, 3.8) is 0 Å². The number of carbonyl (C=O) groups excluding carboxylic acids is 3. The minimum absolute atomic E-state index is 0.0322. The average Bonchev–Trinajstić information content (AvgIpc) is 2.85. The van der Waals surface area contributed by atoms with Gasteiger partial charge in [0.15, 0.2) is 11.5 Å². The fraction of sp³-hybridized carbons (Fsp3) is 0.0769. The molecule has 1 fully saturated rings. The van der Waals surface area contributed by atoms with Crippen LogP contribution in [0.3, 0.4) is 0 Å². The Kier molecular flexibility index (Phi) is 6.77. The van der Waals surface area contributed by atoms with Gasteiger partial charge in [0.25, 0.3) is 11.8 Å². The average molecular weight is 490 g/mol. The Morgan fingerprint density at radius 1 is 1.06 bits per heavy atom. The molecule has 0 unspecified atom stereocenters.